The second-order valence-corrected chi connectivity index (χ2v) is 9.30. The van der Waals surface area contributed by atoms with Crippen molar-refractivity contribution in [2.24, 2.45) is 0 Å². The number of hydrogen-bond donors (Lipinski definition) is 3. The number of carbonyl (C=O) groups excluding carboxylic acids is 1. The van der Waals surface area contributed by atoms with Gasteiger partial charge < -0.3 is 20.4 Å². The summed E-state index contributed by atoms with van der Waals surface area (Å²) in [6.45, 7) is 6.88. The van der Waals surface area contributed by atoms with Crippen molar-refractivity contribution < 1.29 is 9.53 Å². The molecule has 0 saturated carbocycles. The summed E-state index contributed by atoms with van der Waals surface area (Å²) in [6, 6.07) is 7.93. The Morgan fingerprint density at radius 1 is 1.25 bits per heavy atom. The zero-order valence-corrected chi connectivity index (χ0v) is 18.5. The van der Waals surface area contributed by atoms with Gasteiger partial charge >= 0.3 is 6.09 Å². The number of imidazole rings is 1. The molecule has 166 valence electrons. The third-order valence-corrected chi connectivity index (χ3v) is 5.73. The number of benzene rings is 1. The van der Waals surface area contributed by atoms with E-state index in [0.717, 1.165) is 46.3 Å². The zero-order valence-electron chi connectivity index (χ0n) is 18.5. The first-order valence-electron chi connectivity index (χ1n) is 10.9. The lowest BCUT2D eigenvalue weighted by atomic mass is 9.98. The van der Waals surface area contributed by atoms with Crippen LogP contribution >= 0.6 is 0 Å². The van der Waals surface area contributed by atoms with Crippen LogP contribution in [0.25, 0.3) is 33.2 Å². The molecule has 0 radical (unpaired) electrons. The number of carbonyl (C=O) groups is 1. The van der Waals surface area contributed by atoms with Crippen LogP contribution in [0, 0.1) is 0 Å². The van der Waals surface area contributed by atoms with Crippen LogP contribution in [-0.2, 0) is 4.74 Å². The number of aromatic nitrogens is 5. The number of amides is 1. The Hall–Kier alpha value is -3.62. The van der Waals surface area contributed by atoms with Gasteiger partial charge in [-0.1, -0.05) is 6.07 Å². The van der Waals surface area contributed by atoms with Crippen LogP contribution in [0.3, 0.4) is 0 Å². The third-order valence-electron chi connectivity index (χ3n) is 5.73. The Balaban J connectivity index is 1.48. The third kappa shape index (κ3) is 3.74. The number of nitrogen functional groups attached to an aromatic ring is 1. The van der Waals surface area contributed by atoms with Gasteiger partial charge in [-0.3, -0.25) is 5.10 Å². The Labute approximate surface area is 185 Å². The van der Waals surface area contributed by atoms with Gasteiger partial charge in [-0.2, -0.15) is 5.10 Å². The van der Waals surface area contributed by atoms with Crippen LogP contribution < -0.4 is 5.73 Å². The molecule has 9 heteroatoms. The van der Waals surface area contributed by atoms with Gasteiger partial charge in [-0.15, -0.1) is 0 Å². The number of anilines is 1. The fourth-order valence-corrected chi connectivity index (χ4v) is 4.26. The Morgan fingerprint density at radius 2 is 2.09 bits per heavy atom. The highest BCUT2D eigenvalue weighted by Crippen LogP contribution is 2.33. The van der Waals surface area contributed by atoms with Gasteiger partial charge in [-0.25, -0.2) is 14.8 Å². The molecule has 0 aliphatic carbocycles. The van der Waals surface area contributed by atoms with E-state index >= 15 is 0 Å². The number of nitrogens with two attached hydrogens (primary N) is 1. The van der Waals surface area contributed by atoms with Gasteiger partial charge in [0.15, 0.2) is 5.82 Å². The lowest BCUT2D eigenvalue weighted by molar-refractivity contribution is 0.0196. The highest BCUT2D eigenvalue weighted by atomic mass is 16.6. The summed E-state index contributed by atoms with van der Waals surface area (Å²) in [4.78, 5) is 27.2. The van der Waals surface area contributed by atoms with Gasteiger partial charge in [0.2, 0.25) is 0 Å². The van der Waals surface area contributed by atoms with Crippen LogP contribution in [0.5, 0.6) is 0 Å². The minimum atomic E-state index is -0.517. The predicted octanol–water partition coefficient (Wildman–Crippen LogP) is 4.20. The van der Waals surface area contributed by atoms with Gasteiger partial charge in [0.1, 0.15) is 16.9 Å². The van der Waals surface area contributed by atoms with E-state index in [4.69, 9.17) is 15.5 Å². The molecule has 5 rings (SSSR count). The van der Waals surface area contributed by atoms with Crippen molar-refractivity contribution in [3.8, 4) is 11.3 Å². The smallest absolute Gasteiger partial charge is 0.410 e. The number of nitrogens with zero attached hydrogens (tertiary/aromatic N) is 4. The van der Waals surface area contributed by atoms with Crippen LogP contribution in [0.2, 0.25) is 0 Å². The monoisotopic (exact) mass is 433 g/mol. The van der Waals surface area contributed by atoms with Crippen LogP contribution in [0.15, 0.2) is 30.5 Å². The first-order chi connectivity index (χ1) is 15.3. The summed E-state index contributed by atoms with van der Waals surface area (Å²) >= 11 is 0. The van der Waals surface area contributed by atoms with Gasteiger partial charge in [-0.05, 0) is 51.8 Å². The molecule has 4 N–H and O–H groups in total. The molecule has 1 aliphatic rings. The molecule has 1 aromatic carbocycles. The second kappa shape index (κ2) is 7.51. The maximum Gasteiger partial charge on any atom is 0.410 e. The summed E-state index contributed by atoms with van der Waals surface area (Å²) < 4.78 is 5.56. The van der Waals surface area contributed by atoms with Gasteiger partial charge in [0.25, 0.3) is 0 Å². The first kappa shape index (κ1) is 20.3. The lowest BCUT2D eigenvalue weighted by Crippen LogP contribution is -2.42. The number of hydrogen-bond acceptors (Lipinski definition) is 6. The first-order valence-corrected chi connectivity index (χ1v) is 10.9. The maximum absolute atomic E-state index is 12.6. The number of H-pyrrole nitrogens is 2. The fraction of sp³-hybridized carbons (Fsp3) is 0.391. The summed E-state index contributed by atoms with van der Waals surface area (Å²) in [6.07, 6.45) is 3.34. The van der Waals surface area contributed by atoms with Crippen molar-refractivity contribution in [1.29, 1.82) is 0 Å². The van der Waals surface area contributed by atoms with E-state index in [2.05, 4.69) is 20.2 Å². The topological polar surface area (TPSA) is 126 Å². The van der Waals surface area contributed by atoms with E-state index in [1.54, 1.807) is 11.1 Å². The molecule has 0 bridgehead atoms. The lowest BCUT2D eigenvalue weighted by Gasteiger charge is -2.33. The van der Waals surface area contributed by atoms with Gasteiger partial charge in [0.05, 0.1) is 16.7 Å². The Kier molecular flexibility index (Phi) is 4.76. The number of nitrogens with one attached hydrogen (secondary N) is 2. The van der Waals surface area contributed by atoms with Crippen molar-refractivity contribution in [3.05, 3.63) is 36.3 Å². The molecule has 1 fully saturated rings. The summed E-state index contributed by atoms with van der Waals surface area (Å²) in [5.41, 5.74) is 9.88. The van der Waals surface area contributed by atoms with Crippen LogP contribution in [-0.4, -0.2) is 54.8 Å². The maximum atomic E-state index is 12.6. The average Bonchev–Trinajstić information content (AvgIpc) is 3.43. The summed E-state index contributed by atoms with van der Waals surface area (Å²) in [7, 11) is 0. The molecule has 0 spiro atoms. The fourth-order valence-electron chi connectivity index (χ4n) is 4.26. The second-order valence-electron chi connectivity index (χ2n) is 9.30. The SMILES string of the molecule is CC(C)(C)OC(=O)N1CCCC(c2nc3c(N)nc4cc(-c5cc[nH]n5)ccc4c3[nH]2)C1. The van der Waals surface area contributed by atoms with E-state index in [9.17, 15) is 4.79 Å². The number of rotatable bonds is 2. The number of likely N-dealkylation sites (tertiary alicyclic amines) is 1. The average molecular weight is 434 g/mol. The molecule has 4 heterocycles. The van der Waals surface area contributed by atoms with Crippen LogP contribution in [0.4, 0.5) is 10.6 Å². The molecule has 32 heavy (non-hydrogen) atoms. The minimum absolute atomic E-state index is 0.0847. The normalized spacial score (nSPS) is 17.2. The molecule has 1 atom stereocenters. The van der Waals surface area contributed by atoms with Crippen molar-refractivity contribution in [2.75, 3.05) is 18.8 Å². The standard InChI is InChI=1S/C23H27N7O2/c1-23(2,3)32-22(31)30-10-4-5-14(12-30)21-27-18-15-7-6-13(16-8-9-25-29-16)11-17(15)26-20(24)19(18)28-21/h6-9,11,14H,4-5,10,12H2,1-3H3,(H2,24,26)(H,25,29)(H,27,28). The van der Waals surface area contributed by atoms with Gasteiger partial charge in [0, 0.05) is 36.2 Å². The highest BCUT2D eigenvalue weighted by molar-refractivity contribution is 6.07. The zero-order chi connectivity index (χ0) is 22.5. The minimum Gasteiger partial charge on any atom is -0.444 e. The molecular weight excluding hydrogens is 406 g/mol. The number of pyridine rings is 1. The van der Waals surface area contributed by atoms with E-state index in [-0.39, 0.29) is 12.0 Å². The summed E-state index contributed by atoms with van der Waals surface area (Å²) in [5.74, 6) is 1.29. The molecule has 1 amide bonds. The van der Waals surface area contributed by atoms with Crippen molar-refractivity contribution in [2.45, 2.75) is 45.1 Å². The number of aromatic amines is 2. The quantitative estimate of drug-likeness (QED) is 0.435. The number of piperidine rings is 1. The molecule has 4 aromatic rings. The molecule has 1 aliphatic heterocycles. The largest absolute Gasteiger partial charge is 0.444 e. The predicted molar refractivity (Wildman–Crippen MR) is 123 cm³/mol. The molecular formula is C23H27N7O2. The van der Waals surface area contributed by atoms with Crippen molar-refractivity contribution in [1.82, 2.24) is 30.0 Å². The van der Waals surface area contributed by atoms with E-state index in [1.807, 2.05) is 45.0 Å². The molecule has 3 aromatic heterocycles. The van der Waals surface area contributed by atoms with E-state index in [1.165, 1.54) is 0 Å². The van der Waals surface area contributed by atoms with Crippen LogP contribution in [0.1, 0.15) is 45.4 Å². The Morgan fingerprint density at radius 3 is 2.84 bits per heavy atom. The highest BCUT2D eigenvalue weighted by Gasteiger charge is 2.30. The van der Waals surface area contributed by atoms with Crippen molar-refractivity contribution in [3.63, 3.8) is 0 Å². The molecule has 1 saturated heterocycles. The summed E-state index contributed by atoms with van der Waals surface area (Å²) in [5, 5.41) is 8.02. The number of ether oxygens (including phenoxy) is 1. The van der Waals surface area contributed by atoms with Crippen molar-refractivity contribution >= 4 is 33.8 Å². The molecule has 9 nitrogen and oxygen atoms in total. The Bertz CT molecular complexity index is 1290. The number of fused-ring (bicyclic) bond motifs is 3. The van der Waals surface area contributed by atoms with E-state index < -0.39 is 5.60 Å². The van der Waals surface area contributed by atoms with E-state index in [0.29, 0.717) is 24.4 Å². The molecule has 1 unspecified atom stereocenters.